The Kier molecular flexibility index (Phi) is 6.49. The van der Waals surface area contributed by atoms with Gasteiger partial charge in [-0.1, -0.05) is 25.7 Å². The van der Waals surface area contributed by atoms with Gasteiger partial charge in [0, 0.05) is 19.5 Å². The van der Waals surface area contributed by atoms with Gasteiger partial charge < -0.3 is 20.8 Å². The SMILES string of the molecule is O=C(NCCC1CCCC1)NCCC(O)C(=O)O. The van der Waals surface area contributed by atoms with Crippen molar-refractivity contribution in [2.24, 2.45) is 5.92 Å². The molecule has 1 unspecified atom stereocenters. The van der Waals surface area contributed by atoms with Gasteiger partial charge in [-0.15, -0.1) is 0 Å². The molecule has 6 nitrogen and oxygen atoms in total. The number of carboxylic acids is 1. The van der Waals surface area contributed by atoms with Gasteiger partial charge in [-0.2, -0.15) is 0 Å². The second-order valence-corrected chi connectivity index (χ2v) is 4.76. The minimum Gasteiger partial charge on any atom is -0.479 e. The number of hydrogen-bond donors (Lipinski definition) is 4. The van der Waals surface area contributed by atoms with E-state index in [2.05, 4.69) is 10.6 Å². The summed E-state index contributed by atoms with van der Waals surface area (Å²) in [7, 11) is 0. The first-order valence-corrected chi connectivity index (χ1v) is 6.52. The number of hydrogen-bond acceptors (Lipinski definition) is 3. The smallest absolute Gasteiger partial charge is 0.332 e. The molecule has 6 heteroatoms. The highest BCUT2D eigenvalue weighted by molar-refractivity contribution is 5.74. The van der Waals surface area contributed by atoms with Gasteiger partial charge in [0.15, 0.2) is 6.10 Å². The van der Waals surface area contributed by atoms with Crippen LogP contribution in [-0.2, 0) is 4.79 Å². The number of nitrogens with one attached hydrogen (secondary N) is 2. The van der Waals surface area contributed by atoms with Crippen LogP contribution in [0, 0.1) is 5.92 Å². The zero-order valence-electron chi connectivity index (χ0n) is 10.5. The van der Waals surface area contributed by atoms with E-state index in [-0.39, 0.29) is 19.0 Å². The van der Waals surface area contributed by atoms with E-state index in [9.17, 15) is 9.59 Å². The molecule has 0 saturated heterocycles. The molecule has 104 valence electrons. The lowest BCUT2D eigenvalue weighted by Crippen LogP contribution is -2.38. The molecule has 4 N–H and O–H groups in total. The number of aliphatic hydroxyl groups is 1. The van der Waals surface area contributed by atoms with Crippen molar-refractivity contribution < 1.29 is 19.8 Å². The van der Waals surface area contributed by atoms with Gasteiger partial charge in [-0.05, 0) is 12.3 Å². The summed E-state index contributed by atoms with van der Waals surface area (Å²) >= 11 is 0. The summed E-state index contributed by atoms with van der Waals surface area (Å²) in [4.78, 5) is 21.6. The molecule has 1 rings (SSSR count). The quantitative estimate of drug-likeness (QED) is 0.540. The fraction of sp³-hybridized carbons (Fsp3) is 0.833. The average Bonchev–Trinajstić information content (AvgIpc) is 2.81. The summed E-state index contributed by atoms with van der Waals surface area (Å²) in [6.45, 7) is 0.806. The predicted molar refractivity (Wildman–Crippen MR) is 66.2 cm³/mol. The van der Waals surface area contributed by atoms with Gasteiger partial charge in [-0.25, -0.2) is 9.59 Å². The molecule has 1 aliphatic rings. The first-order chi connectivity index (χ1) is 8.59. The molecule has 0 spiro atoms. The molecule has 0 bridgehead atoms. The van der Waals surface area contributed by atoms with Crippen LogP contribution in [0.3, 0.4) is 0 Å². The topological polar surface area (TPSA) is 98.7 Å². The first kappa shape index (κ1) is 14.8. The number of carbonyl (C=O) groups excluding carboxylic acids is 1. The van der Waals surface area contributed by atoms with Crippen LogP contribution >= 0.6 is 0 Å². The number of rotatable bonds is 7. The van der Waals surface area contributed by atoms with Crippen molar-refractivity contribution in [3.63, 3.8) is 0 Å². The number of aliphatic carboxylic acids is 1. The summed E-state index contributed by atoms with van der Waals surface area (Å²) in [6.07, 6.45) is 4.72. The van der Waals surface area contributed by atoms with Crippen molar-refractivity contribution in [1.82, 2.24) is 10.6 Å². The Morgan fingerprint density at radius 3 is 2.39 bits per heavy atom. The van der Waals surface area contributed by atoms with Crippen molar-refractivity contribution in [3.05, 3.63) is 0 Å². The molecule has 1 aliphatic carbocycles. The fourth-order valence-electron chi connectivity index (χ4n) is 2.20. The van der Waals surface area contributed by atoms with Crippen molar-refractivity contribution in [3.8, 4) is 0 Å². The molecule has 0 radical (unpaired) electrons. The van der Waals surface area contributed by atoms with Crippen molar-refractivity contribution in [2.45, 2.75) is 44.6 Å². The fourth-order valence-corrected chi connectivity index (χ4v) is 2.20. The van der Waals surface area contributed by atoms with Crippen molar-refractivity contribution >= 4 is 12.0 Å². The average molecular weight is 258 g/mol. The van der Waals surface area contributed by atoms with Crippen LogP contribution in [0.5, 0.6) is 0 Å². The molecule has 1 fully saturated rings. The zero-order chi connectivity index (χ0) is 13.4. The predicted octanol–water partition coefficient (Wildman–Crippen LogP) is 0.701. The summed E-state index contributed by atoms with van der Waals surface area (Å²) in [5.41, 5.74) is 0. The maximum Gasteiger partial charge on any atom is 0.332 e. The Labute approximate surface area is 107 Å². The molecule has 0 aromatic rings. The molecule has 0 aromatic heterocycles. The Hall–Kier alpha value is -1.30. The lowest BCUT2D eigenvalue weighted by molar-refractivity contribution is -0.146. The van der Waals surface area contributed by atoms with Gasteiger partial charge in [0.25, 0.3) is 0 Å². The monoisotopic (exact) mass is 258 g/mol. The molecule has 0 aromatic carbocycles. The van der Waals surface area contributed by atoms with Gasteiger partial charge in [0.2, 0.25) is 0 Å². The maximum atomic E-state index is 11.3. The van der Waals surface area contributed by atoms with E-state index in [4.69, 9.17) is 10.2 Å². The van der Waals surface area contributed by atoms with Gasteiger partial charge in [0.1, 0.15) is 0 Å². The summed E-state index contributed by atoms with van der Waals surface area (Å²) in [5.74, 6) is -0.530. The van der Waals surface area contributed by atoms with Crippen LogP contribution in [0.4, 0.5) is 4.79 Å². The van der Waals surface area contributed by atoms with Gasteiger partial charge >= 0.3 is 12.0 Å². The molecule has 1 atom stereocenters. The highest BCUT2D eigenvalue weighted by atomic mass is 16.4. The Balaban J connectivity index is 1.98. The standard InChI is InChI=1S/C12H22N2O4/c15-10(11(16)17)6-8-14-12(18)13-7-5-9-3-1-2-4-9/h9-10,15H,1-8H2,(H,16,17)(H2,13,14,18). The van der Waals surface area contributed by atoms with E-state index in [0.29, 0.717) is 6.54 Å². The third kappa shape index (κ3) is 5.86. The Bertz CT molecular complexity index is 277. The van der Waals surface area contributed by atoms with Crippen LogP contribution < -0.4 is 10.6 Å². The van der Waals surface area contributed by atoms with E-state index in [1.165, 1.54) is 25.7 Å². The number of aliphatic hydroxyl groups excluding tert-OH is 1. The lowest BCUT2D eigenvalue weighted by atomic mass is 10.0. The van der Waals surface area contributed by atoms with Crippen LogP contribution in [0.1, 0.15) is 38.5 Å². The van der Waals surface area contributed by atoms with E-state index in [0.717, 1.165) is 12.3 Å². The van der Waals surface area contributed by atoms with Gasteiger partial charge in [0.05, 0.1) is 0 Å². The highest BCUT2D eigenvalue weighted by Gasteiger charge is 2.15. The lowest BCUT2D eigenvalue weighted by Gasteiger charge is -2.11. The minimum atomic E-state index is -1.41. The third-order valence-electron chi connectivity index (χ3n) is 3.30. The largest absolute Gasteiger partial charge is 0.479 e. The van der Waals surface area contributed by atoms with Crippen LogP contribution in [0.15, 0.2) is 0 Å². The molecule has 1 saturated carbocycles. The Morgan fingerprint density at radius 1 is 1.17 bits per heavy atom. The van der Waals surface area contributed by atoms with Crippen molar-refractivity contribution in [2.75, 3.05) is 13.1 Å². The molecular formula is C12H22N2O4. The highest BCUT2D eigenvalue weighted by Crippen LogP contribution is 2.26. The molecular weight excluding hydrogens is 236 g/mol. The first-order valence-electron chi connectivity index (χ1n) is 6.52. The summed E-state index contributed by atoms with van der Waals surface area (Å²) in [5, 5.41) is 22.7. The van der Waals surface area contributed by atoms with Crippen LogP contribution in [0.25, 0.3) is 0 Å². The molecule has 2 amide bonds. The Morgan fingerprint density at radius 2 is 1.78 bits per heavy atom. The van der Waals surface area contributed by atoms with E-state index in [1.54, 1.807) is 0 Å². The molecule has 0 aliphatic heterocycles. The minimum absolute atomic E-state index is 0.0192. The number of carboxylic acid groups (broad SMARTS) is 1. The van der Waals surface area contributed by atoms with Gasteiger partial charge in [-0.3, -0.25) is 0 Å². The van der Waals surface area contributed by atoms with E-state index in [1.807, 2.05) is 0 Å². The van der Waals surface area contributed by atoms with Crippen LogP contribution in [-0.4, -0.2) is 41.4 Å². The number of carbonyl (C=O) groups is 2. The maximum absolute atomic E-state index is 11.3. The second-order valence-electron chi connectivity index (χ2n) is 4.76. The number of urea groups is 1. The van der Waals surface area contributed by atoms with E-state index >= 15 is 0 Å². The third-order valence-corrected chi connectivity index (χ3v) is 3.30. The van der Waals surface area contributed by atoms with Crippen LogP contribution in [0.2, 0.25) is 0 Å². The summed E-state index contributed by atoms with van der Waals surface area (Å²) < 4.78 is 0. The second kappa shape index (κ2) is 7.92. The normalized spacial score (nSPS) is 17.4. The van der Waals surface area contributed by atoms with Crippen molar-refractivity contribution in [1.29, 1.82) is 0 Å². The van der Waals surface area contributed by atoms with E-state index < -0.39 is 12.1 Å². The number of amides is 2. The summed E-state index contributed by atoms with van der Waals surface area (Å²) in [6, 6.07) is -0.300. The molecule has 0 heterocycles. The molecule has 18 heavy (non-hydrogen) atoms. The zero-order valence-corrected chi connectivity index (χ0v) is 10.5.